The van der Waals surface area contributed by atoms with Crippen molar-refractivity contribution in [2.45, 2.75) is 31.1 Å². The maximum Gasteiger partial charge on any atom is 0.337 e. The summed E-state index contributed by atoms with van der Waals surface area (Å²) in [6.07, 6.45) is 3.78. The predicted molar refractivity (Wildman–Crippen MR) is 123 cm³/mol. The first-order valence-corrected chi connectivity index (χ1v) is 11.0. The van der Waals surface area contributed by atoms with Gasteiger partial charge in [0, 0.05) is 25.6 Å². The van der Waals surface area contributed by atoms with Gasteiger partial charge in [-0.25, -0.2) is 4.79 Å². The van der Waals surface area contributed by atoms with Gasteiger partial charge in [-0.05, 0) is 23.3 Å². The molecule has 0 radical (unpaired) electrons. The van der Waals surface area contributed by atoms with Crippen LogP contribution < -0.4 is 10.5 Å². The molecule has 1 aliphatic rings. The normalized spacial score (nSPS) is 20.2. The van der Waals surface area contributed by atoms with Crippen LogP contribution in [0.1, 0.15) is 24.0 Å². The zero-order valence-corrected chi connectivity index (χ0v) is 18.3. The van der Waals surface area contributed by atoms with Gasteiger partial charge in [-0.3, -0.25) is 9.78 Å². The van der Waals surface area contributed by atoms with Crippen molar-refractivity contribution in [1.82, 2.24) is 9.88 Å². The summed E-state index contributed by atoms with van der Waals surface area (Å²) in [6.45, 7) is 0.220. The van der Waals surface area contributed by atoms with E-state index in [4.69, 9.17) is 15.2 Å². The van der Waals surface area contributed by atoms with Gasteiger partial charge in [0.05, 0.1) is 12.7 Å². The molecule has 4 rings (SSSR count). The third kappa shape index (κ3) is 4.88. The van der Waals surface area contributed by atoms with E-state index in [1.807, 2.05) is 66.7 Å². The molecule has 0 bridgehead atoms. The Hall–Kier alpha value is -3.71. The zero-order valence-electron chi connectivity index (χ0n) is 18.3. The van der Waals surface area contributed by atoms with Gasteiger partial charge in [-0.15, -0.1) is 0 Å². The second kappa shape index (κ2) is 10.3. The third-order valence-corrected chi connectivity index (χ3v) is 5.87. The Bertz CT molecular complexity index is 1060. The highest BCUT2D eigenvalue weighted by atomic mass is 16.5. The molecule has 2 unspecified atom stereocenters. The minimum absolute atomic E-state index is 0.104. The number of nitrogens with zero attached hydrogens (tertiary/aromatic N) is 2. The Kier molecular flexibility index (Phi) is 7.00. The predicted octanol–water partition coefficient (Wildman–Crippen LogP) is 3.05. The Morgan fingerprint density at radius 3 is 2.42 bits per heavy atom. The molecule has 7 heteroatoms. The quantitative estimate of drug-likeness (QED) is 0.562. The topological polar surface area (TPSA) is 94.8 Å². The Morgan fingerprint density at radius 2 is 1.76 bits per heavy atom. The maximum absolute atomic E-state index is 13.8. The van der Waals surface area contributed by atoms with Gasteiger partial charge < -0.3 is 20.1 Å². The molecule has 1 saturated heterocycles. The molecule has 2 atom stereocenters. The van der Waals surface area contributed by atoms with Crippen LogP contribution in [0.4, 0.5) is 0 Å². The molecule has 1 amide bonds. The van der Waals surface area contributed by atoms with E-state index in [0.717, 1.165) is 5.56 Å². The highest BCUT2D eigenvalue weighted by Crippen LogP contribution is 2.40. The Balaban J connectivity index is 1.70. The molecule has 0 spiro atoms. The number of carbonyl (C=O) groups excluding carboxylic acids is 2. The van der Waals surface area contributed by atoms with Crippen molar-refractivity contribution >= 4 is 11.9 Å². The van der Waals surface area contributed by atoms with Crippen molar-refractivity contribution < 1.29 is 19.1 Å². The van der Waals surface area contributed by atoms with Crippen molar-refractivity contribution in [2.75, 3.05) is 13.1 Å². The van der Waals surface area contributed by atoms with E-state index in [2.05, 4.69) is 4.98 Å². The van der Waals surface area contributed by atoms with E-state index in [9.17, 15) is 9.59 Å². The van der Waals surface area contributed by atoms with Crippen molar-refractivity contribution in [2.24, 2.45) is 5.73 Å². The van der Waals surface area contributed by atoms with Crippen LogP contribution in [0, 0.1) is 0 Å². The highest BCUT2D eigenvalue weighted by molar-refractivity contribution is 5.90. The monoisotopic (exact) mass is 445 g/mol. The first kappa shape index (κ1) is 22.5. The van der Waals surface area contributed by atoms with Gasteiger partial charge in [-0.2, -0.15) is 0 Å². The average molecular weight is 446 g/mol. The molecule has 2 N–H and O–H groups in total. The van der Waals surface area contributed by atoms with Gasteiger partial charge in [-0.1, -0.05) is 60.7 Å². The van der Waals surface area contributed by atoms with E-state index in [-0.39, 0.29) is 31.6 Å². The molecule has 2 heterocycles. The average Bonchev–Trinajstić information content (AvgIpc) is 2.88. The van der Waals surface area contributed by atoms with Crippen LogP contribution in [0.5, 0.6) is 5.75 Å². The van der Waals surface area contributed by atoms with Crippen molar-refractivity contribution in [3.8, 4) is 5.75 Å². The fourth-order valence-electron chi connectivity index (χ4n) is 4.30. The van der Waals surface area contributed by atoms with Gasteiger partial charge in [0.25, 0.3) is 0 Å². The molecular weight excluding hydrogens is 418 g/mol. The number of carbonyl (C=O) groups is 2. The number of likely N-dealkylation sites (tertiary alicyclic amines) is 1. The summed E-state index contributed by atoms with van der Waals surface area (Å²) in [4.78, 5) is 32.4. The third-order valence-electron chi connectivity index (χ3n) is 5.87. The number of amides is 1. The lowest BCUT2D eigenvalue weighted by molar-refractivity contribution is -0.172. The first-order valence-electron chi connectivity index (χ1n) is 11.0. The first-order chi connectivity index (χ1) is 16.1. The Labute approximate surface area is 193 Å². The number of benzene rings is 2. The number of ether oxygens (including phenoxy) is 2. The van der Waals surface area contributed by atoms with Gasteiger partial charge in [0.15, 0.2) is 5.54 Å². The molecule has 1 fully saturated rings. The van der Waals surface area contributed by atoms with E-state index in [0.29, 0.717) is 24.3 Å². The number of esters is 1. The van der Waals surface area contributed by atoms with E-state index >= 15 is 0 Å². The van der Waals surface area contributed by atoms with Crippen LogP contribution in [0.15, 0.2) is 85.2 Å². The lowest BCUT2D eigenvalue weighted by atomic mass is 9.78. The van der Waals surface area contributed by atoms with Gasteiger partial charge >= 0.3 is 5.97 Å². The van der Waals surface area contributed by atoms with Crippen LogP contribution in [0.2, 0.25) is 0 Å². The van der Waals surface area contributed by atoms with Crippen molar-refractivity contribution in [1.29, 1.82) is 0 Å². The molecule has 0 saturated carbocycles. The number of hydrogen-bond donors (Lipinski definition) is 1. The molecule has 0 aliphatic carbocycles. The van der Waals surface area contributed by atoms with Gasteiger partial charge in [0.2, 0.25) is 5.91 Å². The molecule has 33 heavy (non-hydrogen) atoms. The van der Waals surface area contributed by atoms with E-state index in [1.54, 1.807) is 23.4 Å². The summed E-state index contributed by atoms with van der Waals surface area (Å²) >= 11 is 0. The molecule has 2 aromatic carbocycles. The Morgan fingerprint density at radius 1 is 1.03 bits per heavy atom. The zero-order chi connectivity index (χ0) is 23.1. The minimum atomic E-state index is -1.35. The number of aromatic nitrogens is 1. The van der Waals surface area contributed by atoms with Crippen LogP contribution in [0.25, 0.3) is 0 Å². The number of piperidine rings is 1. The van der Waals surface area contributed by atoms with Crippen LogP contribution in [0.3, 0.4) is 0 Å². The summed E-state index contributed by atoms with van der Waals surface area (Å²) in [5.41, 5.74) is 5.93. The van der Waals surface area contributed by atoms with Crippen LogP contribution >= 0.6 is 0 Å². The second-order valence-electron chi connectivity index (χ2n) is 7.96. The molecule has 1 aromatic heterocycles. The number of pyridine rings is 1. The highest BCUT2D eigenvalue weighted by Gasteiger charge is 2.53. The number of rotatable bonds is 7. The summed E-state index contributed by atoms with van der Waals surface area (Å²) in [6, 6.07) is 22.3. The van der Waals surface area contributed by atoms with Crippen molar-refractivity contribution in [3.63, 3.8) is 0 Å². The molecule has 1 aliphatic heterocycles. The molecule has 170 valence electrons. The molecular formula is C26H27N3O4. The lowest BCUT2D eigenvalue weighted by Crippen LogP contribution is -2.62. The second-order valence-corrected chi connectivity index (χ2v) is 7.96. The largest absolute Gasteiger partial charge is 0.489 e. The van der Waals surface area contributed by atoms with Crippen LogP contribution in [-0.4, -0.2) is 41.0 Å². The standard InChI is InChI=1S/C26H27N3O4/c27-17-24(30)29-15-13-22(33-23-12-7-14-28-18-23)16-26(29,21-10-5-2-6-11-21)25(31)32-19-20-8-3-1-4-9-20/h1-12,14,18,22H,13,15-17,19,27H2. The maximum atomic E-state index is 13.8. The summed E-state index contributed by atoms with van der Waals surface area (Å²) in [5.74, 6) is -0.199. The molecule has 7 nitrogen and oxygen atoms in total. The summed E-state index contributed by atoms with van der Waals surface area (Å²) in [7, 11) is 0. The smallest absolute Gasteiger partial charge is 0.337 e. The number of nitrogens with two attached hydrogens (primary N) is 1. The van der Waals surface area contributed by atoms with Crippen LogP contribution in [-0.2, 0) is 26.5 Å². The lowest BCUT2D eigenvalue weighted by Gasteiger charge is -2.47. The fraction of sp³-hybridized carbons (Fsp3) is 0.269. The van der Waals surface area contributed by atoms with E-state index in [1.165, 1.54) is 0 Å². The minimum Gasteiger partial charge on any atom is -0.489 e. The fourth-order valence-corrected chi connectivity index (χ4v) is 4.30. The van der Waals surface area contributed by atoms with Crippen molar-refractivity contribution in [3.05, 3.63) is 96.3 Å². The van der Waals surface area contributed by atoms with E-state index < -0.39 is 11.5 Å². The van der Waals surface area contributed by atoms with Gasteiger partial charge in [0.1, 0.15) is 18.5 Å². The summed E-state index contributed by atoms with van der Waals surface area (Å²) in [5, 5.41) is 0. The SMILES string of the molecule is NCC(=O)N1CCC(Oc2cccnc2)CC1(C(=O)OCc1ccccc1)c1ccccc1. The molecule has 3 aromatic rings. The number of hydrogen-bond acceptors (Lipinski definition) is 6. The summed E-state index contributed by atoms with van der Waals surface area (Å²) < 4.78 is 12.0.